The van der Waals surface area contributed by atoms with Gasteiger partial charge in [-0.15, -0.1) is 0 Å². The average molecular weight is 586 g/mol. The molecule has 0 fully saturated rings. The predicted octanol–water partition coefficient (Wildman–Crippen LogP) is 5.89. The van der Waals surface area contributed by atoms with Gasteiger partial charge in [0.25, 0.3) is 11.8 Å². The fourth-order valence-corrected chi connectivity index (χ4v) is 4.09. The number of hydrogen-bond acceptors (Lipinski definition) is 6. The van der Waals surface area contributed by atoms with E-state index >= 15 is 0 Å². The molecule has 3 amide bonds. The molecule has 212 valence electrons. The highest BCUT2D eigenvalue weighted by Crippen LogP contribution is 2.35. The van der Waals surface area contributed by atoms with E-state index in [9.17, 15) is 32.3 Å². The van der Waals surface area contributed by atoms with Crippen LogP contribution in [0, 0.1) is 0 Å². The summed E-state index contributed by atoms with van der Waals surface area (Å²) in [6, 6.07) is 16.4. The van der Waals surface area contributed by atoms with Gasteiger partial charge in [-0.3, -0.25) is 14.4 Å². The third-order valence-corrected chi connectivity index (χ3v) is 6.14. The van der Waals surface area contributed by atoms with Crippen LogP contribution in [0.15, 0.2) is 83.5 Å². The fourth-order valence-electron chi connectivity index (χ4n) is 3.88. The molecule has 0 aromatic heterocycles. The molecule has 1 heterocycles. The number of benzene rings is 3. The van der Waals surface area contributed by atoms with Crippen LogP contribution in [-0.2, 0) is 31.7 Å². The smallest absolute Gasteiger partial charge is 0.416 e. The molecule has 0 saturated heterocycles. The summed E-state index contributed by atoms with van der Waals surface area (Å²) in [5, 5.41) is 5.00. The van der Waals surface area contributed by atoms with E-state index in [1.165, 1.54) is 6.07 Å². The molecule has 1 aliphatic rings. The van der Waals surface area contributed by atoms with Crippen LogP contribution in [0.3, 0.4) is 0 Å². The summed E-state index contributed by atoms with van der Waals surface area (Å²) in [4.78, 5) is 50.5. The summed E-state index contributed by atoms with van der Waals surface area (Å²) >= 11 is 6.08. The quantitative estimate of drug-likeness (QED) is 0.252. The Bertz CT molecular complexity index is 1530. The predicted molar refractivity (Wildman–Crippen MR) is 146 cm³/mol. The van der Waals surface area contributed by atoms with Crippen molar-refractivity contribution in [2.24, 2.45) is 0 Å². The topological polar surface area (TPSA) is 105 Å². The molecule has 0 spiro atoms. The highest BCUT2D eigenvalue weighted by atomic mass is 35.5. The number of anilines is 3. The number of esters is 1. The molecule has 4 rings (SSSR count). The Kier molecular flexibility index (Phi) is 8.48. The van der Waals surface area contributed by atoms with Gasteiger partial charge in [0.15, 0.2) is 0 Å². The first-order chi connectivity index (χ1) is 19.3. The maximum Gasteiger partial charge on any atom is 0.416 e. The second kappa shape index (κ2) is 11.8. The molecule has 2 N–H and O–H groups in total. The molecular weight excluding hydrogens is 563 g/mol. The van der Waals surface area contributed by atoms with E-state index < -0.39 is 34.6 Å². The number of halogens is 4. The third kappa shape index (κ3) is 6.93. The molecule has 0 saturated carbocycles. The summed E-state index contributed by atoms with van der Waals surface area (Å²) < 4.78 is 44.5. The molecule has 0 atom stereocenters. The zero-order chi connectivity index (χ0) is 29.9. The standard InChI is InChI=1S/C29H23ClF3N3O5/c1-16(2)41-28(40)18-8-12-20(13-9-18)34-23(37)14-17-6-10-21(11-7-17)35-25-24(30)26(38)36(27(25)39)22-5-3-4-19(15-22)29(31,32)33/h3-13,15-16,35H,14H2,1-2H3,(H,34,37). The van der Waals surface area contributed by atoms with Gasteiger partial charge in [-0.1, -0.05) is 29.8 Å². The van der Waals surface area contributed by atoms with Crippen LogP contribution in [0.25, 0.3) is 0 Å². The van der Waals surface area contributed by atoms with E-state index in [0.717, 1.165) is 12.1 Å². The molecule has 1 aliphatic heterocycles. The van der Waals surface area contributed by atoms with Crippen molar-refractivity contribution in [1.82, 2.24) is 0 Å². The Hall–Kier alpha value is -4.64. The van der Waals surface area contributed by atoms with Gasteiger partial charge >= 0.3 is 12.1 Å². The van der Waals surface area contributed by atoms with Crippen molar-refractivity contribution in [3.63, 3.8) is 0 Å². The Morgan fingerprint density at radius 3 is 2.17 bits per heavy atom. The van der Waals surface area contributed by atoms with Crippen molar-refractivity contribution in [2.45, 2.75) is 32.5 Å². The van der Waals surface area contributed by atoms with Gasteiger partial charge in [0, 0.05) is 11.4 Å². The summed E-state index contributed by atoms with van der Waals surface area (Å²) in [7, 11) is 0. The molecule has 0 radical (unpaired) electrons. The zero-order valence-corrected chi connectivity index (χ0v) is 22.5. The Morgan fingerprint density at radius 1 is 0.927 bits per heavy atom. The SMILES string of the molecule is CC(C)OC(=O)c1ccc(NC(=O)Cc2ccc(NC3=C(Cl)C(=O)N(c4cccc(C(F)(F)F)c4)C3=O)cc2)cc1. The number of nitrogens with zero attached hydrogens (tertiary/aromatic N) is 1. The monoisotopic (exact) mass is 585 g/mol. The van der Waals surface area contributed by atoms with Crippen LogP contribution in [0.2, 0.25) is 0 Å². The molecular formula is C29H23ClF3N3O5. The van der Waals surface area contributed by atoms with Crippen molar-refractivity contribution in [2.75, 3.05) is 15.5 Å². The molecule has 12 heteroatoms. The number of ether oxygens (including phenoxy) is 1. The lowest BCUT2D eigenvalue weighted by Crippen LogP contribution is -2.32. The van der Waals surface area contributed by atoms with Gasteiger partial charge in [0.2, 0.25) is 5.91 Å². The van der Waals surface area contributed by atoms with Gasteiger partial charge in [-0.2, -0.15) is 13.2 Å². The first-order valence-corrected chi connectivity index (χ1v) is 12.6. The second-order valence-electron chi connectivity index (χ2n) is 9.26. The van der Waals surface area contributed by atoms with E-state index in [1.807, 2.05) is 0 Å². The van der Waals surface area contributed by atoms with Crippen LogP contribution in [0.1, 0.15) is 35.3 Å². The number of amides is 3. The maximum absolute atomic E-state index is 13.1. The Morgan fingerprint density at radius 2 is 1.56 bits per heavy atom. The molecule has 0 bridgehead atoms. The van der Waals surface area contributed by atoms with E-state index in [2.05, 4.69) is 10.6 Å². The fraction of sp³-hybridized carbons (Fsp3) is 0.172. The average Bonchev–Trinajstić information content (AvgIpc) is 3.12. The number of alkyl halides is 3. The minimum atomic E-state index is -4.66. The normalized spacial score (nSPS) is 13.6. The third-order valence-electron chi connectivity index (χ3n) is 5.79. The molecule has 0 unspecified atom stereocenters. The highest BCUT2D eigenvalue weighted by Gasteiger charge is 2.40. The maximum atomic E-state index is 13.1. The van der Waals surface area contributed by atoms with Gasteiger partial charge in [-0.05, 0) is 74.0 Å². The largest absolute Gasteiger partial charge is 0.459 e. The van der Waals surface area contributed by atoms with E-state index in [0.29, 0.717) is 33.5 Å². The molecule has 0 aliphatic carbocycles. The van der Waals surface area contributed by atoms with Gasteiger partial charge < -0.3 is 15.4 Å². The summed E-state index contributed by atoms with van der Waals surface area (Å²) in [6.45, 7) is 3.49. The Labute approximate surface area is 237 Å². The van der Waals surface area contributed by atoms with Crippen LogP contribution >= 0.6 is 11.6 Å². The van der Waals surface area contributed by atoms with Crippen molar-refractivity contribution in [3.05, 3.63) is 100 Å². The molecule has 3 aromatic carbocycles. The number of carbonyl (C=O) groups is 4. The first kappa shape index (κ1) is 29.3. The van der Waals surface area contributed by atoms with Crippen molar-refractivity contribution < 1.29 is 37.1 Å². The number of rotatable bonds is 8. The van der Waals surface area contributed by atoms with Crippen molar-refractivity contribution >= 4 is 52.4 Å². The van der Waals surface area contributed by atoms with Crippen molar-refractivity contribution in [3.8, 4) is 0 Å². The zero-order valence-electron chi connectivity index (χ0n) is 21.7. The molecule has 3 aromatic rings. The minimum absolute atomic E-state index is 0.0155. The summed E-state index contributed by atoms with van der Waals surface area (Å²) in [5.41, 5.74) is 0.261. The number of carbonyl (C=O) groups excluding carboxylic acids is 4. The summed E-state index contributed by atoms with van der Waals surface area (Å²) in [6.07, 6.45) is -4.90. The highest BCUT2D eigenvalue weighted by molar-refractivity contribution is 6.53. The minimum Gasteiger partial charge on any atom is -0.459 e. The van der Waals surface area contributed by atoms with Crippen LogP contribution in [0.4, 0.5) is 30.2 Å². The Balaban J connectivity index is 1.38. The van der Waals surface area contributed by atoms with Gasteiger partial charge in [0.1, 0.15) is 10.7 Å². The molecule has 41 heavy (non-hydrogen) atoms. The molecule has 8 nitrogen and oxygen atoms in total. The number of hydrogen-bond donors (Lipinski definition) is 2. The van der Waals surface area contributed by atoms with E-state index in [1.54, 1.807) is 62.4 Å². The second-order valence-corrected chi connectivity index (χ2v) is 9.64. The lowest BCUT2D eigenvalue weighted by Gasteiger charge is -2.17. The number of imide groups is 1. The van der Waals surface area contributed by atoms with Gasteiger partial charge in [-0.25, -0.2) is 9.69 Å². The number of nitrogens with one attached hydrogen (secondary N) is 2. The van der Waals surface area contributed by atoms with Crippen molar-refractivity contribution in [1.29, 1.82) is 0 Å². The van der Waals surface area contributed by atoms with Crippen LogP contribution < -0.4 is 15.5 Å². The summed E-state index contributed by atoms with van der Waals surface area (Å²) in [5.74, 6) is -2.65. The first-order valence-electron chi connectivity index (χ1n) is 12.3. The van der Waals surface area contributed by atoms with E-state index in [-0.39, 0.29) is 29.8 Å². The van der Waals surface area contributed by atoms with Gasteiger partial charge in [0.05, 0.1) is 29.3 Å². The van der Waals surface area contributed by atoms with Crippen LogP contribution in [0.5, 0.6) is 0 Å². The van der Waals surface area contributed by atoms with E-state index in [4.69, 9.17) is 16.3 Å². The lowest BCUT2D eigenvalue weighted by molar-refractivity contribution is -0.137. The van der Waals surface area contributed by atoms with Crippen LogP contribution in [-0.4, -0.2) is 29.8 Å². The lowest BCUT2D eigenvalue weighted by atomic mass is 10.1.